The first kappa shape index (κ1) is 13.4. The van der Waals surface area contributed by atoms with Gasteiger partial charge in [0.2, 0.25) is 0 Å². The van der Waals surface area contributed by atoms with E-state index in [1.165, 1.54) is 13.2 Å². The van der Waals surface area contributed by atoms with Gasteiger partial charge in [-0.3, -0.25) is 0 Å². The van der Waals surface area contributed by atoms with E-state index in [-0.39, 0.29) is 16.9 Å². The SMILES string of the molecule is COc1ccc(C(C)(F)F)cc1C(O)C(=O)O. The van der Waals surface area contributed by atoms with Crippen molar-refractivity contribution in [1.29, 1.82) is 0 Å². The van der Waals surface area contributed by atoms with Crippen molar-refractivity contribution < 1.29 is 28.5 Å². The maximum atomic E-state index is 13.1. The lowest BCUT2D eigenvalue weighted by molar-refractivity contribution is -0.147. The molecule has 0 aromatic heterocycles. The molecule has 94 valence electrons. The van der Waals surface area contributed by atoms with Crippen molar-refractivity contribution in [1.82, 2.24) is 0 Å². The molecule has 1 rings (SSSR count). The van der Waals surface area contributed by atoms with E-state index in [4.69, 9.17) is 9.84 Å². The number of benzene rings is 1. The highest BCUT2D eigenvalue weighted by molar-refractivity contribution is 5.75. The highest BCUT2D eigenvalue weighted by Gasteiger charge is 2.28. The minimum absolute atomic E-state index is 0.0490. The average Bonchev–Trinajstić information content (AvgIpc) is 2.25. The molecule has 0 spiro atoms. The Morgan fingerprint density at radius 3 is 2.47 bits per heavy atom. The summed E-state index contributed by atoms with van der Waals surface area (Å²) in [5.41, 5.74) is -0.576. The van der Waals surface area contributed by atoms with Crippen molar-refractivity contribution in [2.75, 3.05) is 7.11 Å². The van der Waals surface area contributed by atoms with Gasteiger partial charge in [-0.15, -0.1) is 0 Å². The lowest BCUT2D eigenvalue weighted by Crippen LogP contribution is -2.14. The maximum Gasteiger partial charge on any atom is 0.337 e. The lowest BCUT2D eigenvalue weighted by Gasteiger charge is -2.16. The third-order valence-corrected chi connectivity index (χ3v) is 2.27. The minimum Gasteiger partial charge on any atom is -0.496 e. The zero-order chi connectivity index (χ0) is 13.2. The number of alkyl halides is 2. The number of carboxylic acid groups (broad SMARTS) is 1. The number of carboxylic acids is 1. The van der Waals surface area contributed by atoms with Gasteiger partial charge in [0.25, 0.3) is 5.92 Å². The van der Waals surface area contributed by atoms with Crippen LogP contribution in [0.25, 0.3) is 0 Å². The summed E-state index contributed by atoms with van der Waals surface area (Å²) < 4.78 is 30.9. The Morgan fingerprint density at radius 1 is 1.47 bits per heavy atom. The molecule has 17 heavy (non-hydrogen) atoms. The Balaban J connectivity index is 3.29. The number of aliphatic hydroxyl groups excluding tert-OH is 1. The normalized spacial score (nSPS) is 13.2. The Kier molecular flexibility index (Phi) is 3.67. The van der Waals surface area contributed by atoms with Crippen molar-refractivity contribution in [3.63, 3.8) is 0 Å². The molecule has 0 heterocycles. The van der Waals surface area contributed by atoms with Crippen LogP contribution in [0.3, 0.4) is 0 Å². The van der Waals surface area contributed by atoms with Crippen LogP contribution >= 0.6 is 0 Å². The first-order chi connectivity index (χ1) is 7.77. The van der Waals surface area contributed by atoms with E-state index in [1.54, 1.807) is 0 Å². The van der Waals surface area contributed by atoms with Gasteiger partial charge in [-0.25, -0.2) is 13.6 Å². The molecule has 0 bridgehead atoms. The van der Waals surface area contributed by atoms with Gasteiger partial charge in [-0.2, -0.15) is 0 Å². The number of ether oxygens (including phenoxy) is 1. The topological polar surface area (TPSA) is 66.8 Å². The fraction of sp³-hybridized carbons (Fsp3) is 0.364. The molecule has 6 heteroatoms. The molecule has 0 aliphatic rings. The summed E-state index contributed by atoms with van der Waals surface area (Å²) >= 11 is 0. The average molecular weight is 246 g/mol. The van der Waals surface area contributed by atoms with Crippen LogP contribution in [0.1, 0.15) is 24.2 Å². The molecule has 0 saturated heterocycles. The molecule has 0 amide bonds. The van der Waals surface area contributed by atoms with E-state index in [0.29, 0.717) is 6.92 Å². The predicted molar refractivity (Wildman–Crippen MR) is 55.2 cm³/mol. The number of rotatable bonds is 4. The molecule has 0 aliphatic carbocycles. The van der Waals surface area contributed by atoms with Crippen LogP contribution in [-0.4, -0.2) is 23.3 Å². The highest BCUT2D eigenvalue weighted by Crippen LogP contribution is 2.33. The van der Waals surface area contributed by atoms with Crippen LogP contribution in [0.5, 0.6) is 5.75 Å². The smallest absolute Gasteiger partial charge is 0.337 e. The molecule has 1 aromatic rings. The summed E-state index contributed by atoms with van der Waals surface area (Å²) in [5.74, 6) is -4.59. The van der Waals surface area contributed by atoms with E-state index in [1.807, 2.05) is 0 Å². The number of methoxy groups -OCH3 is 1. The second-order valence-electron chi connectivity index (χ2n) is 3.59. The van der Waals surface area contributed by atoms with Gasteiger partial charge in [-0.1, -0.05) is 0 Å². The van der Waals surface area contributed by atoms with Crippen molar-refractivity contribution in [2.24, 2.45) is 0 Å². The third-order valence-electron chi connectivity index (χ3n) is 2.27. The van der Waals surface area contributed by atoms with Gasteiger partial charge in [0.05, 0.1) is 7.11 Å². The zero-order valence-electron chi connectivity index (χ0n) is 9.28. The van der Waals surface area contributed by atoms with Crippen molar-refractivity contribution in [3.8, 4) is 5.75 Å². The van der Waals surface area contributed by atoms with Crippen LogP contribution < -0.4 is 4.74 Å². The summed E-state index contributed by atoms with van der Waals surface area (Å²) in [6.07, 6.45) is -1.90. The Bertz CT molecular complexity index is 426. The second kappa shape index (κ2) is 4.67. The van der Waals surface area contributed by atoms with Crippen LogP contribution in [-0.2, 0) is 10.7 Å². The molecule has 0 radical (unpaired) electrons. The summed E-state index contributed by atoms with van der Waals surface area (Å²) in [6, 6.07) is 3.25. The standard InChI is InChI=1S/C11H12F2O4/c1-11(12,13)6-3-4-8(17-2)7(5-6)9(14)10(15)16/h3-5,9,14H,1-2H3,(H,15,16). The first-order valence-electron chi connectivity index (χ1n) is 4.74. The van der Waals surface area contributed by atoms with Crippen LogP contribution in [0.2, 0.25) is 0 Å². The summed E-state index contributed by atoms with van der Waals surface area (Å²) in [5, 5.41) is 18.0. The summed E-state index contributed by atoms with van der Waals surface area (Å²) in [7, 11) is 1.26. The van der Waals surface area contributed by atoms with Crippen LogP contribution in [0.15, 0.2) is 18.2 Å². The molecule has 4 nitrogen and oxygen atoms in total. The van der Waals surface area contributed by atoms with Gasteiger partial charge >= 0.3 is 5.97 Å². The lowest BCUT2D eigenvalue weighted by atomic mass is 10.0. The van der Waals surface area contributed by atoms with Crippen molar-refractivity contribution >= 4 is 5.97 Å². The molecule has 0 fully saturated rings. The molecule has 0 aliphatic heterocycles. The van der Waals surface area contributed by atoms with Crippen molar-refractivity contribution in [2.45, 2.75) is 19.0 Å². The predicted octanol–water partition coefficient (Wildman–Crippen LogP) is 1.92. The molecule has 0 saturated carbocycles. The van der Waals surface area contributed by atoms with E-state index in [9.17, 15) is 18.7 Å². The third kappa shape index (κ3) is 2.91. The Morgan fingerprint density at radius 2 is 2.06 bits per heavy atom. The number of aliphatic hydroxyl groups is 1. The fourth-order valence-electron chi connectivity index (χ4n) is 1.35. The minimum atomic E-state index is -3.11. The van der Waals surface area contributed by atoms with E-state index >= 15 is 0 Å². The maximum absolute atomic E-state index is 13.1. The van der Waals surface area contributed by atoms with E-state index < -0.39 is 18.0 Å². The van der Waals surface area contributed by atoms with Crippen LogP contribution in [0.4, 0.5) is 8.78 Å². The second-order valence-corrected chi connectivity index (χ2v) is 3.59. The summed E-state index contributed by atoms with van der Waals surface area (Å²) in [6.45, 7) is 0.686. The number of halogens is 2. The van der Waals surface area contributed by atoms with Crippen molar-refractivity contribution in [3.05, 3.63) is 29.3 Å². The number of hydrogen-bond acceptors (Lipinski definition) is 3. The van der Waals surface area contributed by atoms with Gasteiger partial charge in [0.15, 0.2) is 6.10 Å². The fourth-order valence-corrected chi connectivity index (χ4v) is 1.35. The number of hydrogen-bond donors (Lipinski definition) is 2. The number of aliphatic carboxylic acids is 1. The van der Waals surface area contributed by atoms with Gasteiger partial charge in [0, 0.05) is 18.1 Å². The molecule has 2 N–H and O–H groups in total. The summed E-state index contributed by atoms with van der Waals surface area (Å²) in [4.78, 5) is 10.6. The number of carbonyl (C=O) groups is 1. The Labute approximate surface area is 96.5 Å². The monoisotopic (exact) mass is 246 g/mol. The van der Waals surface area contributed by atoms with Gasteiger partial charge < -0.3 is 14.9 Å². The highest BCUT2D eigenvalue weighted by atomic mass is 19.3. The molecule has 1 unspecified atom stereocenters. The van der Waals surface area contributed by atoms with Gasteiger partial charge in [-0.05, 0) is 18.2 Å². The molecular formula is C11H12F2O4. The van der Waals surface area contributed by atoms with E-state index in [2.05, 4.69) is 0 Å². The molecule has 1 atom stereocenters. The largest absolute Gasteiger partial charge is 0.496 e. The van der Waals surface area contributed by atoms with Gasteiger partial charge in [0.1, 0.15) is 5.75 Å². The first-order valence-corrected chi connectivity index (χ1v) is 4.74. The quantitative estimate of drug-likeness (QED) is 0.851. The van der Waals surface area contributed by atoms with Crippen LogP contribution in [0, 0.1) is 0 Å². The Hall–Kier alpha value is -1.69. The molecule has 1 aromatic carbocycles. The zero-order valence-corrected chi connectivity index (χ0v) is 9.28. The van der Waals surface area contributed by atoms with E-state index in [0.717, 1.165) is 12.1 Å². The molecular weight excluding hydrogens is 234 g/mol.